The number of nitrogens with one attached hydrogen (secondary N) is 1. The van der Waals surface area contributed by atoms with Crippen molar-refractivity contribution in [3.8, 4) is 0 Å². The first-order valence-corrected chi connectivity index (χ1v) is 6.21. The summed E-state index contributed by atoms with van der Waals surface area (Å²) in [6.07, 6.45) is 4.28. The third kappa shape index (κ3) is 13.8. The van der Waals surface area contributed by atoms with Crippen molar-refractivity contribution in [3.63, 3.8) is 0 Å². The third-order valence-electron chi connectivity index (χ3n) is 2.18. The summed E-state index contributed by atoms with van der Waals surface area (Å²) in [6.45, 7) is 5.11. The van der Waals surface area contributed by atoms with E-state index in [-0.39, 0.29) is 0 Å². The summed E-state index contributed by atoms with van der Waals surface area (Å²) in [7, 11) is 3.68. The molecule has 0 saturated heterocycles. The monoisotopic (exact) mass is 233 g/mol. The average Bonchev–Trinajstić information content (AvgIpc) is 2.31. The molecule has 0 unspecified atom stereocenters. The Morgan fingerprint density at radius 1 is 0.750 bits per heavy atom. The molecule has 1 N–H and O–H groups in total. The van der Waals surface area contributed by atoms with Crippen LogP contribution in [0.4, 0.5) is 0 Å². The summed E-state index contributed by atoms with van der Waals surface area (Å²) < 4.78 is 15.8. The highest BCUT2D eigenvalue weighted by atomic mass is 16.5. The van der Waals surface area contributed by atoms with Crippen molar-refractivity contribution >= 4 is 0 Å². The second kappa shape index (κ2) is 14.8. The molecule has 0 aromatic carbocycles. The summed E-state index contributed by atoms with van der Waals surface area (Å²) >= 11 is 0. The molecule has 0 aliphatic carbocycles. The maximum Gasteiger partial charge on any atom is 0.0488 e. The van der Waals surface area contributed by atoms with Gasteiger partial charge in [-0.3, -0.25) is 0 Å². The molecule has 0 spiro atoms. The van der Waals surface area contributed by atoms with E-state index in [1.807, 2.05) is 7.05 Å². The number of methoxy groups -OCH3 is 1. The normalized spacial score (nSPS) is 10.9. The smallest absolute Gasteiger partial charge is 0.0488 e. The summed E-state index contributed by atoms with van der Waals surface area (Å²) in [5.41, 5.74) is 0. The van der Waals surface area contributed by atoms with Crippen molar-refractivity contribution in [2.45, 2.75) is 25.7 Å². The predicted molar refractivity (Wildman–Crippen MR) is 65.9 cm³/mol. The second-order valence-corrected chi connectivity index (χ2v) is 3.74. The second-order valence-electron chi connectivity index (χ2n) is 3.74. The summed E-state index contributed by atoms with van der Waals surface area (Å²) in [5.74, 6) is 0. The first-order chi connectivity index (χ1) is 7.91. The number of hydrogen-bond acceptors (Lipinski definition) is 4. The molecular formula is C12H27NO3. The zero-order valence-electron chi connectivity index (χ0n) is 10.8. The Morgan fingerprint density at radius 3 is 1.88 bits per heavy atom. The molecule has 4 heteroatoms. The zero-order valence-corrected chi connectivity index (χ0v) is 10.8. The van der Waals surface area contributed by atoms with Crippen LogP contribution in [0.25, 0.3) is 0 Å². The predicted octanol–water partition coefficient (Wildman–Crippen LogP) is 1.45. The highest BCUT2D eigenvalue weighted by Gasteiger charge is 1.91. The molecule has 0 bridgehead atoms. The molecule has 0 aromatic rings. The van der Waals surface area contributed by atoms with E-state index in [2.05, 4.69) is 5.32 Å². The van der Waals surface area contributed by atoms with E-state index in [4.69, 9.17) is 14.2 Å². The summed E-state index contributed by atoms with van der Waals surface area (Å²) in [4.78, 5) is 0. The van der Waals surface area contributed by atoms with Crippen molar-refractivity contribution in [3.05, 3.63) is 0 Å². The van der Waals surface area contributed by atoms with Gasteiger partial charge in [0, 0.05) is 40.1 Å². The molecule has 16 heavy (non-hydrogen) atoms. The molecule has 0 aliphatic rings. The van der Waals surface area contributed by atoms with Crippen LogP contribution in [0.3, 0.4) is 0 Å². The molecule has 0 radical (unpaired) electrons. The molecular weight excluding hydrogens is 206 g/mol. The molecule has 98 valence electrons. The quantitative estimate of drug-likeness (QED) is 0.489. The van der Waals surface area contributed by atoms with Gasteiger partial charge in [0.15, 0.2) is 0 Å². The van der Waals surface area contributed by atoms with Crippen LogP contribution in [0.15, 0.2) is 0 Å². The van der Waals surface area contributed by atoms with Crippen LogP contribution in [0.5, 0.6) is 0 Å². The van der Waals surface area contributed by atoms with Crippen molar-refractivity contribution < 1.29 is 14.2 Å². The Hall–Kier alpha value is -0.160. The van der Waals surface area contributed by atoms with Gasteiger partial charge in [0.25, 0.3) is 0 Å². The maximum atomic E-state index is 5.48. The fourth-order valence-corrected chi connectivity index (χ4v) is 1.28. The third-order valence-corrected chi connectivity index (χ3v) is 2.18. The molecule has 0 rings (SSSR count). The van der Waals surface area contributed by atoms with Gasteiger partial charge in [0.05, 0.1) is 0 Å². The Kier molecular flexibility index (Phi) is 14.7. The standard InChI is InChI=1S/C12H27NO3/c1-13-7-3-4-9-15-11-6-12-16-10-5-8-14-2/h13H,3-12H2,1-2H3. The zero-order chi connectivity index (χ0) is 11.9. The van der Waals surface area contributed by atoms with E-state index in [1.165, 1.54) is 6.42 Å². The molecule has 0 heterocycles. The van der Waals surface area contributed by atoms with Gasteiger partial charge in [-0.25, -0.2) is 0 Å². The van der Waals surface area contributed by atoms with Crippen LogP contribution < -0.4 is 5.32 Å². The fourth-order valence-electron chi connectivity index (χ4n) is 1.28. The van der Waals surface area contributed by atoms with Gasteiger partial charge < -0.3 is 19.5 Å². The minimum atomic E-state index is 0.780. The first kappa shape index (κ1) is 15.8. The SMILES string of the molecule is CNCCCCOCCCOCCCOC. The topological polar surface area (TPSA) is 39.7 Å². The Labute approximate surface area is 99.6 Å². The lowest BCUT2D eigenvalue weighted by atomic mass is 10.3. The van der Waals surface area contributed by atoms with Crippen molar-refractivity contribution in [2.24, 2.45) is 0 Å². The van der Waals surface area contributed by atoms with Crippen molar-refractivity contribution in [1.29, 1.82) is 0 Å². The van der Waals surface area contributed by atoms with Crippen LogP contribution in [0, 0.1) is 0 Å². The van der Waals surface area contributed by atoms with Crippen LogP contribution in [0.1, 0.15) is 25.7 Å². The Morgan fingerprint density at radius 2 is 1.31 bits per heavy atom. The average molecular weight is 233 g/mol. The molecule has 4 nitrogen and oxygen atoms in total. The van der Waals surface area contributed by atoms with Gasteiger partial charge in [-0.15, -0.1) is 0 Å². The van der Waals surface area contributed by atoms with Crippen LogP contribution in [-0.4, -0.2) is 53.7 Å². The molecule has 0 aromatic heterocycles. The van der Waals surface area contributed by atoms with E-state index in [1.54, 1.807) is 7.11 Å². The minimum Gasteiger partial charge on any atom is -0.385 e. The van der Waals surface area contributed by atoms with Gasteiger partial charge in [0.2, 0.25) is 0 Å². The highest BCUT2D eigenvalue weighted by molar-refractivity contribution is 4.42. The molecule has 0 fully saturated rings. The Balaban J connectivity index is 2.83. The minimum absolute atomic E-state index is 0.780. The maximum absolute atomic E-state index is 5.48. The van der Waals surface area contributed by atoms with Crippen LogP contribution in [0.2, 0.25) is 0 Å². The van der Waals surface area contributed by atoms with Crippen LogP contribution in [-0.2, 0) is 14.2 Å². The summed E-state index contributed by atoms with van der Waals surface area (Å²) in [6, 6.07) is 0. The van der Waals surface area contributed by atoms with E-state index in [0.717, 1.165) is 58.8 Å². The van der Waals surface area contributed by atoms with E-state index in [9.17, 15) is 0 Å². The van der Waals surface area contributed by atoms with E-state index in [0.29, 0.717) is 0 Å². The number of ether oxygens (including phenoxy) is 3. The van der Waals surface area contributed by atoms with E-state index < -0.39 is 0 Å². The van der Waals surface area contributed by atoms with E-state index >= 15 is 0 Å². The Bertz CT molecular complexity index is 109. The van der Waals surface area contributed by atoms with Gasteiger partial charge in [-0.1, -0.05) is 0 Å². The highest BCUT2D eigenvalue weighted by Crippen LogP contribution is 1.91. The largest absolute Gasteiger partial charge is 0.385 e. The number of rotatable bonds is 13. The lowest BCUT2D eigenvalue weighted by molar-refractivity contribution is 0.0707. The lowest BCUT2D eigenvalue weighted by Gasteiger charge is -2.05. The van der Waals surface area contributed by atoms with Crippen molar-refractivity contribution in [1.82, 2.24) is 5.32 Å². The molecule has 0 atom stereocenters. The van der Waals surface area contributed by atoms with Gasteiger partial charge >= 0.3 is 0 Å². The van der Waals surface area contributed by atoms with Gasteiger partial charge in [-0.05, 0) is 39.3 Å². The fraction of sp³-hybridized carbons (Fsp3) is 1.00. The van der Waals surface area contributed by atoms with Gasteiger partial charge in [0.1, 0.15) is 0 Å². The van der Waals surface area contributed by atoms with Gasteiger partial charge in [-0.2, -0.15) is 0 Å². The number of hydrogen-bond donors (Lipinski definition) is 1. The van der Waals surface area contributed by atoms with Crippen molar-refractivity contribution in [2.75, 3.05) is 53.7 Å². The lowest BCUT2D eigenvalue weighted by Crippen LogP contribution is -2.09. The molecule has 0 saturated carbocycles. The first-order valence-electron chi connectivity index (χ1n) is 6.21. The summed E-state index contributed by atoms with van der Waals surface area (Å²) in [5, 5.41) is 3.12. The molecule has 0 aliphatic heterocycles. The van der Waals surface area contributed by atoms with Crippen LogP contribution >= 0.6 is 0 Å². The number of unbranched alkanes of at least 4 members (excludes halogenated alkanes) is 1. The molecule has 0 amide bonds.